The number of nitrogens with zero attached hydrogens (tertiary/aromatic N) is 1. The number of carbonyl (C=O) groups excluding carboxylic acids is 1. The van der Waals surface area contributed by atoms with Crippen molar-refractivity contribution in [2.24, 2.45) is 0 Å². The summed E-state index contributed by atoms with van der Waals surface area (Å²) < 4.78 is 10.5. The van der Waals surface area contributed by atoms with Crippen molar-refractivity contribution in [3.8, 4) is 11.5 Å². The Kier molecular flexibility index (Phi) is 5.60. The predicted octanol–water partition coefficient (Wildman–Crippen LogP) is 3.93. The number of rotatable bonds is 6. The minimum absolute atomic E-state index is 0.00523. The Morgan fingerprint density at radius 3 is 2.76 bits per heavy atom. The molecular weight excluding hydrogens is 336 g/mol. The molecule has 1 fully saturated rings. The SMILES string of the molecule is COc1ccc(NC(=O)[C@@H](C)N2CCC[C@@H]2c2ccsc2)cc1OC. The van der Waals surface area contributed by atoms with Crippen LogP contribution >= 0.6 is 11.3 Å². The van der Waals surface area contributed by atoms with E-state index in [1.807, 2.05) is 13.0 Å². The molecule has 5 nitrogen and oxygen atoms in total. The highest BCUT2D eigenvalue weighted by atomic mass is 32.1. The number of nitrogens with one attached hydrogen (secondary N) is 1. The lowest BCUT2D eigenvalue weighted by Gasteiger charge is -2.29. The van der Waals surface area contributed by atoms with Gasteiger partial charge in [0.05, 0.1) is 20.3 Å². The molecule has 134 valence electrons. The van der Waals surface area contributed by atoms with Gasteiger partial charge in [0.25, 0.3) is 0 Å². The third kappa shape index (κ3) is 3.80. The van der Waals surface area contributed by atoms with Crippen molar-refractivity contribution in [1.29, 1.82) is 0 Å². The maximum Gasteiger partial charge on any atom is 0.241 e. The lowest BCUT2D eigenvalue weighted by atomic mass is 10.1. The summed E-state index contributed by atoms with van der Waals surface area (Å²) in [7, 11) is 3.18. The van der Waals surface area contributed by atoms with Crippen molar-refractivity contribution < 1.29 is 14.3 Å². The van der Waals surface area contributed by atoms with Gasteiger partial charge in [0, 0.05) is 17.8 Å². The van der Waals surface area contributed by atoms with E-state index < -0.39 is 0 Å². The molecule has 25 heavy (non-hydrogen) atoms. The molecular formula is C19H24N2O3S. The monoisotopic (exact) mass is 360 g/mol. The number of carbonyl (C=O) groups is 1. The Hall–Kier alpha value is -2.05. The maximum atomic E-state index is 12.7. The van der Waals surface area contributed by atoms with E-state index in [0.29, 0.717) is 23.2 Å². The van der Waals surface area contributed by atoms with Crippen LogP contribution in [0.5, 0.6) is 11.5 Å². The van der Waals surface area contributed by atoms with Crippen molar-refractivity contribution in [1.82, 2.24) is 4.90 Å². The number of methoxy groups -OCH3 is 2. The van der Waals surface area contributed by atoms with Gasteiger partial charge in [0.2, 0.25) is 5.91 Å². The van der Waals surface area contributed by atoms with Crippen molar-refractivity contribution >= 4 is 22.9 Å². The molecule has 0 unspecified atom stereocenters. The van der Waals surface area contributed by atoms with E-state index in [2.05, 4.69) is 27.0 Å². The molecule has 1 aliphatic rings. The van der Waals surface area contributed by atoms with E-state index in [9.17, 15) is 4.79 Å². The summed E-state index contributed by atoms with van der Waals surface area (Å²) in [5.41, 5.74) is 2.02. The molecule has 1 saturated heterocycles. The Balaban J connectivity index is 1.70. The van der Waals surface area contributed by atoms with E-state index in [-0.39, 0.29) is 11.9 Å². The van der Waals surface area contributed by atoms with Crippen LogP contribution in [-0.2, 0) is 4.79 Å². The number of amides is 1. The molecule has 2 atom stereocenters. The van der Waals surface area contributed by atoms with Gasteiger partial charge in [-0.05, 0) is 60.8 Å². The first kappa shape index (κ1) is 17.8. The molecule has 3 rings (SSSR count). The number of anilines is 1. The van der Waals surface area contributed by atoms with Gasteiger partial charge in [-0.15, -0.1) is 0 Å². The first-order valence-electron chi connectivity index (χ1n) is 8.44. The van der Waals surface area contributed by atoms with Gasteiger partial charge in [-0.3, -0.25) is 9.69 Å². The first-order chi connectivity index (χ1) is 12.1. The first-order valence-corrected chi connectivity index (χ1v) is 9.39. The standard InChI is InChI=1S/C19H24N2O3S/c1-13(21-9-4-5-16(21)14-8-10-25-12-14)19(22)20-15-6-7-17(23-2)18(11-15)24-3/h6-8,10-13,16H,4-5,9H2,1-3H3,(H,20,22)/t13-,16-/m1/s1. The zero-order valence-electron chi connectivity index (χ0n) is 14.8. The summed E-state index contributed by atoms with van der Waals surface area (Å²) in [5.74, 6) is 1.24. The average molecular weight is 360 g/mol. The van der Waals surface area contributed by atoms with E-state index in [1.165, 1.54) is 5.56 Å². The zero-order valence-corrected chi connectivity index (χ0v) is 15.6. The van der Waals surface area contributed by atoms with Crippen LogP contribution in [-0.4, -0.2) is 37.6 Å². The molecule has 0 saturated carbocycles. The molecule has 0 aliphatic carbocycles. The van der Waals surface area contributed by atoms with Crippen molar-refractivity contribution in [3.63, 3.8) is 0 Å². The van der Waals surface area contributed by atoms with Crippen LogP contribution < -0.4 is 14.8 Å². The second-order valence-electron chi connectivity index (χ2n) is 6.19. The van der Waals surface area contributed by atoms with E-state index in [0.717, 1.165) is 19.4 Å². The fourth-order valence-corrected chi connectivity index (χ4v) is 4.09. The molecule has 6 heteroatoms. The van der Waals surface area contributed by atoms with Crippen LogP contribution in [0.2, 0.25) is 0 Å². The Bertz CT molecular complexity index is 717. The number of benzene rings is 1. The summed E-state index contributed by atoms with van der Waals surface area (Å²) in [5, 5.41) is 7.28. The van der Waals surface area contributed by atoms with E-state index in [1.54, 1.807) is 37.7 Å². The molecule has 1 aromatic heterocycles. The van der Waals surface area contributed by atoms with Gasteiger partial charge in [0.1, 0.15) is 0 Å². The molecule has 0 spiro atoms. The number of likely N-dealkylation sites (tertiary alicyclic amines) is 1. The number of ether oxygens (including phenoxy) is 2. The Morgan fingerprint density at radius 1 is 1.28 bits per heavy atom. The summed E-state index contributed by atoms with van der Waals surface area (Å²) >= 11 is 1.71. The van der Waals surface area contributed by atoms with Gasteiger partial charge in [0.15, 0.2) is 11.5 Å². The Morgan fingerprint density at radius 2 is 2.08 bits per heavy atom. The van der Waals surface area contributed by atoms with Gasteiger partial charge >= 0.3 is 0 Å². The highest BCUT2D eigenvalue weighted by Crippen LogP contribution is 2.35. The quantitative estimate of drug-likeness (QED) is 0.848. The predicted molar refractivity (Wildman–Crippen MR) is 101 cm³/mol. The fraction of sp³-hybridized carbons (Fsp3) is 0.421. The number of hydrogen-bond acceptors (Lipinski definition) is 5. The second kappa shape index (κ2) is 7.89. The van der Waals surface area contributed by atoms with Gasteiger partial charge in [-0.25, -0.2) is 0 Å². The molecule has 0 bridgehead atoms. The van der Waals surface area contributed by atoms with E-state index >= 15 is 0 Å². The normalized spacial score (nSPS) is 18.8. The summed E-state index contributed by atoms with van der Waals surface area (Å²) in [6.07, 6.45) is 2.22. The Labute approximate surface area is 152 Å². The van der Waals surface area contributed by atoms with Crippen LogP contribution in [0.4, 0.5) is 5.69 Å². The smallest absolute Gasteiger partial charge is 0.241 e. The fourth-order valence-electron chi connectivity index (χ4n) is 3.39. The van der Waals surface area contributed by atoms with E-state index in [4.69, 9.17) is 9.47 Å². The molecule has 1 N–H and O–H groups in total. The third-order valence-electron chi connectivity index (χ3n) is 4.75. The number of hydrogen-bond donors (Lipinski definition) is 1. The lowest BCUT2D eigenvalue weighted by molar-refractivity contribution is -0.121. The van der Waals surface area contributed by atoms with Crippen LogP contribution in [0.15, 0.2) is 35.0 Å². The summed E-state index contributed by atoms with van der Waals surface area (Å²) in [6.45, 7) is 2.92. The minimum Gasteiger partial charge on any atom is -0.493 e. The largest absolute Gasteiger partial charge is 0.493 e. The van der Waals surface area contributed by atoms with Crippen LogP contribution in [0.3, 0.4) is 0 Å². The molecule has 0 radical (unpaired) electrons. The zero-order chi connectivity index (χ0) is 17.8. The maximum absolute atomic E-state index is 12.7. The topological polar surface area (TPSA) is 50.8 Å². The molecule has 1 aromatic carbocycles. The van der Waals surface area contributed by atoms with Crippen LogP contribution in [0.1, 0.15) is 31.4 Å². The lowest BCUT2D eigenvalue weighted by Crippen LogP contribution is -2.41. The van der Waals surface area contributed by atoms with Gasteiger partial charge < -0.3 is 14.8 Å². The van der Waals surface area contributed by atoms with Crippen LogP contribution in [0.25, 0.3) is 0 Å². The summed E-state index contributed by atoms with van der Waals surface area (Å²) in [4.78, 5) is 15.0. The molecule has 1 amide bonds. The van der Waals surface area contributed by atoms with Crippen molar-refractivity contribution in [2.45, 2.75) is 31.8 Å². The van der Waals surface area contributed by atoms with Gasteiger partial charge in [-0.2, -0.15) is 11.3 Å². The highest BCUT2D eigenvalue weighted by molar-refractivity contribution is 7.07. The third-order valence-corrected chi connectivity index (χ3v) is 5.45. The van der Waals surface area contributed by atoms with Crippen LogP contribution in [0, 0.1) is 0 Å². The van der Waals surface area contributed by atoms with Crippen molar-refractivity contribution in [2.75, 3.05) is 26.1 Å². The minimum atomic E-state index is -0.194. The summed E-state index contributed by atoms with van der Waals surface area (Å²) in [6, 6.07) is 7.70. The highest BCUT2D eigenvalue weighted by Gasteiger charge is 2.33. The van der Waals surface area contributed by atoms with Crippen molar-refractivity contribution in [3.05, 3.63) is 40.6 Å². The average Bonchev–Trinajstić information content (AvgIpc) is 3.31. The number of thiophene rings is 1. The molecule has 1 aliphatic heterocycles. The molecule has 2 aromatic rings. The molecule has 2 heterocycles. The van der Waals surface area contributed by atoms with Gasteiger partial charge in [-0.1, -0.05) is 0 Å². The second-order valence-corrected chi connectivity index (χ2v) is 6.97.